The van der Waals surface area contributed by atoms with Gasteiger partial charge in [0.1, 0.15) is 5.76 Å². The van der Waals surface area contributed by atoms with Crippen molar-refractivity contribution >= 4 is 27.3 Å². The largest absolute Gasteiger partial charge is 0.466 e. The number of nitrogens with one attached hydrogen (secondary N) is 1. The molecule has 1 aromatic heterocycles. The summed E-state index contributed by atoms with van der Waals surface area (Å²) in [6, 6.07) is 5.16. The summed E-state index contributed by atoms with van der Waals surface area (Å²) in [5.74, 6) is -0.0559. The predicted octanol–water partition coefficient (Wildman–Crippen LogP) is 3.70. The quantitative estimate of drug-likeness (QED) is 0.690. The molecule has 0 spiro atoms. The average Bonchev–Trinajstić information content (AvgIpc) is 2.73. The molecule has 0 bridgehead atoms. The van der Waals surface area contributed by atoms with Gasteiger partial charge in [-0.2, -0.15) is 0 Å². The predicted molar refractivity (Wildman–Crippen MR) is 66.8 cm³/mol. The van der Waals surface area contributed by atoms with Gasteiger partial charge in [-0.15, -0.1) is 0 Å². The molecule has 1 heterocycles. The van der Waals surface area contributed by atoms with E-state index in [-0.39, 0.29) is 17.9 Å². The van der Waals surface area contributed by atoms with Crippen molar-refractivity contribution in [3.8, 4) is 0 Å². The number of rotatable bonds is 4. The van der Waals surface area contributed by atoms with E-state index in [2.05, 4.69) is 21.2 Å². The molecule has 0 fully saturated rings. The summed E-state index contributed by atoms with van der Waals surface area (Å²) < 4.78 is 19.5. The molecule has 1 N–H and O–H groups in total. The van der Waals surface area contributed by atoms with E-state index in [4.69, 9.17) is 4.42 Å². The summed E-state index contributed by atoms with van der Waals surface area (Å²) in [5.41, 5.74) is -0.0962. The molecule has 0 amide bonds. The molecule has 2 aromatic rings. The second-order valence-corrected chi connectivity index (χ2v) is 4.32. The number of benzene rings is 1. The first-order chi connectivity index (χ1) is 8.58. The lowest BCUT2D eigenvalue weighted by Gasteiger charge is -2.05. The van der Waals surface area contributed by atoms with E-state index in [1.54, 1.807) is 6.07 Å². The van der Waals surface area contributed by atoms with Gasteiger partial charge in [0.25, 0.3) is 5.69 Å². The van der Waals surface area contributed by atoms with Crippen LogP contribution in [0.5, 0.6) is 0 Å². The fraction of sp³-hybridized carbons (Fsp3) is 0.0909. The summed E-state index contributed by atoms with van der Waals surface area (Å²) in [6.07, 6.45) is 1.51. The SMILES string of the molecule is O=[N+]([O-])c1ccc(NCc2occc2Br)c(F)c1. The van der Waals surface area contributed by atoms with Crippen molar-refractivity contribution in [2.45, 2.75) is 6.54 Å². The molecular weight excluding hydrogens is 307 g/mol. The number of hydrogen-bond acceptors (Lipinski definition) is 4. The summed E-state index contributed by atoms with van der Waals surface area (Å²) in [6.45, 7) is 0.280. The highest BCUT2D eigenvalue weighted by molar-refractivity contribution is 9.10. The second-order valence-electron chi connectivity index (χ2n) is 3.47. The van der Waals surface area contributed by atoms with Crippen molar-refractivity contribution in [2.24, 2.45) is 0 Å². The minimum atomic E-state index is -0.674. The number of nitro benzene ring substituents is 1. The fourth-order valence-electron chi connectivity index (χ4n) is 1.39. The maximum atomic E-state index is 13.5. The van der Waals surface area contributed by atoms with Crippen molar-refractivity contribution in [3.63, 3.8) is 0 Å². The third kappa shape index (κ3) is 2.67. The highest BCUT2D eigenvalue weighted by Gasteiger charge is 2.11. The molecule has 94 valence electrons. The highest BCUT2D eigenvalue weighted by Crippen LogP contribution is 2.23. The lowest BCUT2D eigenvalue weighted by molar-refractivity contribution is -0.385. The van der Waals surface area contributed by atoms with Crippen LogP contribution in [0.2, 0.25) is 0 Å². The van der Waals surface area contributed by atoms with Crippen LogP contribution >= 0.6 is 15.9 Å². The Bertz CT molecular complexity index is 585. The first-order valence-electron chi connectivity index (χ1n) is 4.97. The molecule has 0 saturated carbocycles. The molecule has 5 nitrogen and oxygen atoms in total. The number of halogens is 2. The van der Waals surface area contributed by atoms with Crippen molar-refractivity contribution < 1.29 is 13.7 Å². The molecule has 0 unspecified atom stereocenters. The maximum Gasteiger partial charge on any atom is 0.272 e. The Hall–Kier alpha value is -1.89. The van der Waals surface area contributed by atoms with Gasteiger partial charge in [0.15, 0.2) is 5.82 Å². The zero-order valence-electron chi connectivity index (χ0n) is 9.02. The summed E-state index contributed by atoms with van der Waals surface area (Å²) in [5, 5.41) is 13.3. The number of anilines is 1. The molecule has 2 rings (SSSR count). The van der Waals surface area contributed by atoms with Gasteiger partial charge in [0.05, 0.1) is 34.0 Å². The lowest BCUT2D eigenvalue weighted by atomic mass is 10.2. The molecule has 0 radical (unpaired) electrons. The van der Waals surface area contributed by atoms with Crippen LogP contribution < -0.4 is 5.32 Å². The molecule has 0 saturated heterocycles. The van der Waals surface area contributed by atoms with Crippen LogP contribution in [0.1, 0.15) is 5.76 Å². The van der Waals surface area contributed by atoms with Gasteiger partial charge in [0.2, 0.25) is 0 Å². The monoisotopic (exact) mass is 314 g/mol. The topological polar surface area (TPSA) is 68.3 Å². The Balaban J connectivity index is 2.11. The zero-order chi connectivity index (χ0) is 13.1. The Morgan fingerprint density at radius 3 is 2.78 bits per heavy atom. The molecule has 18 heavy (non-hydrogen) atoms. The minimum Gasteiger partial charge on any atom is -0.466 e. The molecule has 0 aliphatic carbocycles. The lowest BCUT2D eigenvalue weighted by Crippen LogP contribution is -2.01. The van der Waals surface area contributed by atoms with Gasteiger partial charge in [-0.05, 0) is 28.1 Å². The number of furan rings is 1. The number of non-ortho nitro benzene ring substituents is 1. The smallest absolute Gasteiger partial charge is 0.272 e. The second kappa shape index (κ2) is 5.18. The van der Waals surface area contributed by atoms with Crippen molar-refractivity contribution in [1.82, 2.24) is 0 Å². The summed E-state index contributed by atoms with van der Waals surface area (Å²) in [7, 11) is 0. The van der Waals surface area contributed by atoms with E-state index in [1.165, 1.54) is 18.4 Å². The fourth-order valence-corrected chi connectivity index (χ4v) is 1.73. The first kappa shape index (κ1) is 12.6. The van der Waals surface area contributed by atoms with E-state index >= 15 is 0 Å². The van der Waals surface area contributed by atoms with Crippen LogP contribution in [0.15, 0.2) is 39.4 Å². The average molecular weight is 315 g/mol. The molecule has 0 atom stereocenters. The van der Waals surface area contributed by atoms with Gasteiger partial charge < -0.3 is 9.73 Å². The van der Waals surface area contributed by atoms with Crippen molar-refractivity contribution in [3.05, 3.63) is 56.7 Å². The summed E-state index contributed by atoms with van der Waals surface area (Å²) >= 11 is 3.27. The normalized spacial score (nSPS) is 10.3. The number of nitrogens with zero attached hydrogens (tertiary/aromatic N) is 1. The highest BCUT2D eigenvalue weighted by atomic mass is 79.9. The van der Waals surface area contributed by atoms with Crippen LogP contribution in [0, 0.1) is 15.9 Å². The number of hydrogen-bond donors (Lipinski definition) is 1. The van der Waals surface area contributed by atoms with Gasteiger partial charge in [-0.3, -0.25) is 10.1 Å². The first-order valence-corrected chi connectivity index (χ1v) is 5.77. The summed E-state index contributed by atoms with van der Waals surface area (Å²) in [4.78, 5) is 9.81. The van der Waals surface area contributed by atoms with Gasteiger partial charge >= 0.3 is 0 Å². The van der Waals surface area contributed by atoms with E-state index in [1.807, 2.05) is 0 Å². The third-order valence-electron chi connectivity index (χ3n) is 2.29. The standard InChI is InChI=1S/C11H8BrFN2O3/c12-8-3-4-18-11(8)6-14-10-2-1-7(15(16)17)5-9(10)13/h1-5,14H,6H2. The number of nitro groups is 1. The van der Waals surface area contributed by atoms with Gasteiger partial charge in [-0.25, -0.2) is 4.39 Å². The van der Waals surface area contributed by atoms with Crippen LogP contribution in [0.4, 0.5) is 15.8 Å². The van der Waals surface area contributed by atoms with Crippen LogP contribution in [-0.4, -0.2) is 4.92 Å². The molecule has 0 aliphatic rings. The van der Waals surface area contributed by atoms with Crippen LogP contribution in [-0.2, 0) is 6.54 Å². The van der Waals surface area contributed by atoms with Crippen molar-refractivity contribution in [1.29, 1.82) is 0 Å². The Morgan fingerprint density at radius 1 is 1.44 bits per heavy atom. The molecule has 1 aromatic carbocycles. The van der Waals surface area contributed by atoms with Crippen LogP contribution in [0.3, 0.4) is 0 Å². The van der Waals surface area contributed by atoms with E-state index in [0.29, 0.717) is 5.76 Å². The Labute approximate surface area is 110 Å². The van der Waals surface area contributed by atoms with E-state index in [9.17, 15) is 14.5 Å². The minimum absolute atomic E-state index is 0.184. The third-order valence-corrected chi connectivity index (χ3v) is 3.00. The Morgan fingerprint density at radius 2 is 2.22 bits per heavy atom. The maximum absolute atomic E-state index is 13.5. The zero-order valence-corrected chi connectivity index (χ0v) is 10.6. The van der Waals surface area contributed by atoms with E-state index < -0.39 is 10.7 Å². The molecule has 0 aliphatic heterocycles. The van der Waals surface area contributed by atoms with Crippen molar-refractivity contribution in [2.75, 3.05) is 5.32 Å². The van der Waals surface area contributed by atoms with Crippen LogP contribution in [0.25, 0.3) is 0 Å². The van der Waals surface area contributed by atoms with E-state index in [0.717, 1.165) is 10.5 Å². The molecule has 7 heteroatoms. The molecular formula is C11H8BrFN2O3. The van der Waals surface area contributed by atoms with Gasteiger partial charge in [0, 0.05) is 6.07 Å². The van der Waals surface area contributed by atoms with Gasteiger partial charge in [-0.1, -0.05) is 0 Å². The Kier molecular flexibility index (Phi) is 3.61.